The summed E-state index contributed by atoms with van der Waals surface area (Å²) < 4.78 is 13.1. The van der Waals surface area contributed by atoms with Gasteiger partial charge in [0.15, 0.2) is 0 Å². The van der Waals surface area contributed by atoms with Crippen molar-refractivity contribution in [3.63, 3.8) is 0 Å². The van der Waals surface area contributed by atoms with Crippen LogP contribution < -0.4 is 0 Å². The molecule has 3 rings (SSSR count). The number of hydrogen-bond donors (Lipinski definition) is 0. The molecule has 0 spiro atoms. The number of halogens is 1. The molecule has 2 aromatic carbocycles. The van der Waals surface area contributed by atoms with E-state index in [0.29, 0.717) is 0 Å². The largest absolute Gasteiger partial charge is 0.291 e. The zero-order valence-corrected chi connectivity index (χ0v) is 9.57. The van der Waals surface area contributed by atoms with Crippen molar-refractivity contribution in [1.82, 2.24) is 4.90 Å². The van der Waals surface area contributed by atoms with Gasteiger partial charge in [0.1, 0.15) is 5.82 Å². The zero-order valence-electron chi connectivity index (χ0n) is 9.57. The summed E-state index contributed by atoms with van der Waals surface area (Å²) in [5.74, 6) is -0.134. The van der Waals surface area contributed by atoms with Gasteiger partial charge in [-0.3, -0.25) is 4.90 Å². The SMILES string of the molecule is Fc1ccc2c(c1)CN(Cc1ccccc1)C2. The molecular formula is C15H14FN. The van der Waals surface area contributed by atoms with E-state index in [9.17, 15) is 4.39 Å². The van der Waals surface area contributed by atoms with Gasteiger partial charge < -0.3 is 0 Å². The third-order valence-electron chi connectivity index (χ3n) is 3.21. The van der Waals surface area contributed by atoms with Crippen molar-refractivity contribution in [2.45, 2.75) is 19.6 Å². The molecule has 0 amide bonds. The van der Waals surface area contributed by atoms with Crippen LogP contribution in [0.15, 0.2) is 48.5 Å². The first-order chi connectivity index (χ1) is 8.31. The van der Waals surface area contributed by atoms with Crippen LogP contribution in [0.1, 0.15) is 16.7 Å². The van der Waals surface area contributed by atoms with Crippen molar-refractivity contribution in [2.24, 2.45) is 0 Å². The molecule has 1 heterocycles. The summed E-state index contributed by atoms with van der Waals surface area (Å²) in [7, 11) is 0. The fraction of sp³-hybridized carbons (Fsp3) is 0.200. The topological polar surface area (TPSA) is 3.24 Å². The first-order valence-electron chi connectivity index (χ1n) is 5.85. The Morgan fingerprint density at radius 2 is 1.71 bits per heavy atom. The van der Waals surface area contributed by atoms with E-state index in [-0.39, 0.29) is 5.82 Å². The lowest BCUT2D eigenvalue weighted by atomic mass is 10.1. The van der Waals surface area contributed by atoms with E-state index in [4.69, 9.17) is 0 Å². The Kier molecular flexibility index (Phi) is 2.65. The molecular weight excluding hydrogens is 213 g/mol. The minimum absolute atomic E-state index is 0.134. The molecule has 0 saturated heterocycles. The molecule has 0 N–H and O–H groups in total. The monoisotopic (exact) mass is 227 g/mol. The lowest BCUT2D eigenvalue weighted by Gasteiger charge is -2.14. The number of benzene rings is 2. The Labute approximate surface area is 101 Å². The molecule has 0 atom stereocenters. The molecule has 0 bridgehead atoms. The first-order valence-corrected chi connectivity index (χ1v) is 5.85. The minimum atomic E-state index is -0.134. The highest BCUT2D eigenvalue weighted by Crippen LogP contribution is 2.24. The predicted molar refractivity (Wildman–Crippen MR) is 65.8 cm³/mol. The van der Waals surface area contributed by atoms with Crippen LogP contribution in [-0.4, -0.2) is 4.90 Å². The van der Waals surface area contributed by atoms with Gasteiger partial charge in [-0.15, -0.1) is 0 Å². The van der Waals surface area contributed by atoms with Gasteiger partial charge in [-0.05, 0) is 28.8 Å². The van der Waals surface area contributed by atoms with Gasteiger partial charge in [0, 0.05) is 19.6 Å². The molecule has 0 radical (unpaired) electrons. The third kappa shape index (κ3) is 2.22. The Balaban J connectivity index is 1.74. The van der Waals surface area contributed by atoms with Crippen LogP contribution in [-0.2, 0) is 19.6 Å². The van der Waals surface area contributed by atoms with E-state index in [1.165, 1.54) is 11.1 Å². The third-order valence-corrected chi connectivity index (χ3v) is 3.21. The molecule has 1 aliphatic rings. The average molecular weight is 227 g/mol. The van der Waals surface area contributed by atoms with Crippen LogP contribution in [0.25, 0.3) is 0 Å². The normalized spacial score (nSPS) is 14.9. The Hall–Kier alpha value is -1.67. The summed E-state index contributed by atoms with van der Waals surface area (Å²) >= 11 is 0. The van der Waals surface area contributed by atoms with Crippen molar-refractivity contribution < 1.29 is 4.39 Å². The molecule has 0 saturated carbocycles. The van der Waals surface area contributed by atoms with Crippen molar-refractivity contribution >= 4 is 0 Å². The van der Waals surface area contributed by atoms with E-state index in [0.717, 1.165) is 25.2 Å². The summed E-state index contributed by atoms with van der Waals surface area (Å²) in [6, 6.07) is 15.5. The van der Waals surface area contributed by atoms with E-state index < -0.39 is 0 Å². The highest BCUT2D eigenvalue weighted by atomic mass is 19.1. The Morgan fingerprint density at radius 1 is 0.941 bits per heavy atom. The summed E-state index contributed by atoms with van der Waals surface area (Å²) in [6.07, 6.45) is 0. The molecule has 1 nitrogen and oxygen atoms in total. The minimum Gasteiger partial charge on any atom is -0.291 e. The molecule has 17 heavy (non-hydrogen) atoms. The molecule has 2 aromatic rings. The molecule has 0 fully saturated rings. The lowest BCUT2D eigenvalue weighted by Crippen LogP contribution is -2.15. The second kappa shape index (κ2) is 4.30. The second-order valence-electron chi connectivity index (χ2n) is 4.54. The van der Waals surface area contributed by atoms with Crippen LogP contribution in [0.2, 0.25) is 0 Å². The quantitative estimate of drug-likeness (QED) is 0.760. The maximum Gasteiger partial charge on any atom is 0.123 e. The zero-order chi connectivity index (χ0) is 11.7. The molecule has 2 heteroatoms. The molecule has 86 valence electrons. The lowest BCUT2D eigenvalue weighted by molar-refractivity contribution is 0.275. The number of hydrogen-bond acceptors (Lipinski definition) is 1. The van der Waals surface area contributed by atoms with Gasteiger partial charge in [0.05, 0.1) is 0 Å². The van der Waals surface area contributed by atoms with Gasteiger partial charge in [0.25, 0.3) is 0 Å². The van der Waals surface area contributed by atoms with Crippen molar-refractivity contribution in [2.75, 3.05) is 0 Å². The van der Waals surface area contributed by atoms with Crippen molar-refractivity contribution in [3.05, 3.63) is 71.0 Å². The molecule has 0 aliphatic carbocycles. The fourth-order valence-electron chi connectivity index (χ4n) is 2.39. The average Bonchev–Trinajstić information content (AvgIpc) is 2.71. The van der Waals surface area contributed by atoms with Gasteiger partial charge in [-0.25, -0.2) is 4.39 Å². The number of rotatable bonds is 2. The van der Waals surface area contributed by atoms with Crippen LogP contribution in [0.3, 0.4) is 0 Å². The van der Waals surface area contributed by atoms with Gasteiger partial charge in [0.2, 0.25) is 0 Å². The van der Waals surface area contributed by atoms with Crippen LogP contribution in [0.4, 0.5) is 4.39 Å². The van der Waals surface area contributed by atoms with Crippen LogP contribution in [0.5, 0.6) is 0 Å². The van der Waals surface area contributed by atoms with Crippen molar-refractivity contribution in [1.29, 1.82) is 0 Å². The first kappa shape index (κ1) is 10.5. The van der Waals surface area contributed by atoms with Gasteiger partial charge >= 0.3 is 0 Å². The van der Waals surface area contributed by atoms with Gasteiger partial charge in [-0.2, -0.15) is 0 Å². The van der Waals surface area contributed by atoms with Gasteiger partial charge in [-0.1, -0.05) is 36.4 Å². The summed E-state index contributed by atoms with van der Waals surface area (Å²) in [4.78, 5) is 2.33. The van der Waals surface area contributed by atoms with E-state index in [1.807, 2.05) is 12.1 Å². The van der Waals surface area contributed by atoms with E-state index in [2.05, 4.69) is 29.2 Å². The summed E-state index contributed by atoms with van der Waals surface area (Å²) in [6.45, 7) is 2.70. The highest BCUT2D eigenvalue weighted by Gasteiger charge is 2.18. The van der Waals surface area contributed by atoms with Crippen LogP contribution >= 0.6 is 0 Å². The standard InChI is InChI=1S/C15H14FN/c16-15-7-6-13-10-17(11-14(13)8-15)9-12-4-2-1-3-5-12/h1-8H,9-11H2. The number of nitrogens with zero attached hydrogens (tertiary/aromatic N) is 1. The summed E-state index contributed by atoms with van der Waals surface area (Å²) in [5, 5.41) is 0. The Bertz CT molecular complexity index is 522. The van der Waals surface area contributed by atoms with Crippen LogP contribution in [0, 0.1) is 5.82 Å². The molecule has 1 aliphatic heterocycles. The van der Waals surface area contributed by atoms with Crippen molar-refractivity contribution in [3.8, 4) is 0 Å². The maximum atomic E-state index is 13.1. The van der Waals surface area contributed by atoms with E-state index in [1.54, 1.807) is 12.1 Å². The highest BCUT2D eigenvalue weighted by molar-refractivity contribution is 5.31. The maximum absolute atomic E-state index is 13.1. The predicted octanol–water partition coefficient (Wildman–Crippen LogP) is 3.34. The Morgan fingerprint density at radius 3 is 2.53 bits per heavy atom. The fourth-order valence-corrected chi connectivity index (χ4v) is 2.39. The smallest absolute Gasteiger partial charge is 0.123 e. The van der Waals surface area contributed by atoms with E-state index >= 15 is 0 Å². The summed E-state index contributed by atoms with van der Waals surface area (Å²) in [5.41, 5.74) is 3.68. The molecule has 0 aromatic heterocycles. The molecule has 0 unspecified atom stereocenters. The second-order valence-corrected chi connectivity index (χ2v) is 4.54. The number of fused-ring (bicyclic) bond motifs is 1.